The second-order valence-electron chi connectivity index (χ2n) is 7.29. The molecule has 0 fully saturated rings. The molecule has 1 aromatic heterocycles. The van der Waals surface area contributed by atoms with E-state index in [2.05, 4.69) is 36.5 Å². The van der Waals surface area contributed by atoms with Crippen LogP contribution in [0, 0.1) is 6.92 Å². The van der Waals surface area contributed by atoms with Crippen LogP contribution in [-0.4, -0.2) is 17.4 Å². The maximum absolute atomic E-state index is 13.0. The van der Waals surface area contributed by atoms with Crippen molar-refractivity contribution >= 4 is 16.8 Å². The zero-order chi connectivity index (χ0) is 20.1. The lowest BCUT2D eigenvalue weighted by atomic mass is 10.0. The Morgan fingerprint density at radius 3 is 2.52 bits per heavy atom. The number of nitrogens with zero attached hydrogens (tertiary/aromatic N) is 1. The van der Waals surface area contributed by atoms with Crippen molar-refractivity contribution in [3.8, 4) is 11.3 Å². The lowest BCUT2D eigenvalue weighted by Crippen LogP contribution is -2.25. The summed E-state index contributed by atoms with van der Waals surface area (Å²) in [4.78, 5) is 17.8. The van der Waals surface area contributed by atoms with Gasteiger partial charge in [0.25, 0.3) is 5.91 Å². The predicted molar refractivity (Wildman–Crippen MR) is 119 cm³/mol. The van der Waals surface area contributed by atoms with E-state index in [9.17, 15) is 4.79 Å². The standard InChI is InChI=1S/C26H24N2O/c1-19-9-7-13-21(17-19)25-18-23(22-14-5-6-15-24(22)28-25)26(29)27-16-8-12-20-10-3-2-4-11-20/h2-7,9-11,13-15,17-18H,8,12,16H2,1H3,(H,27,29). The molecule has 1 amide bonds. The highest BCUT2D eigenvalue weighted by Gasteiger charge is 2.13. The van der Waals surface area contributed by atoms with E-state index >= 15 is 0 Å². The van der Waals surface area contributed by atoms with Gasteiger partial charge in [0.05, 0.1) is 16.8 Å². The summed E-state index contributed by atoms with van der Waals surface area (Å²) in [5, 5.41) is 3.96. The molecule has 4 rings (SSSR count). The number of fused-ring (bicyclic) bond motifs is 1. The third-order valence-corrected chi connectivity index (χ3v) is 5.05. The monoisotopic (exact) mass is 380 g/mol. The number of aryl methyl sites for hydroxylation is 2. The number of para-hydroxylation sites is 1. The van der Waals surface area contributed by atoms with Crippen LogP contribution >= 0.6 is 0 Å². The summed E-state index contributed by atoms with van der Waals surface area (Å²) >= 11 is 0. The third-order valence-electron chi connectivity index (χ3n) is 5.05. The highest BCUT2D eigenvalue weighted by atomic mass is 16.1. The average Bonchev–Trinajstić information content (AvgIpc) is 2.76. The Bertz CT molecular complexity index is 1140. The van der Waals surface area contributed by atoms with Crippen molar-refractivity contribution in [3.05, 3.63) is 102 Å². The number of amides is 1. The second-order valence-corrected chi connectivity index (χ2v) is 7.29. The number of hydrogen-bond donors (Lipinski definition) is 1. The summed E-state index contributed by atoms with van der Waals surface area (Å²) in [5.41, 5.74) is 5.81. The Balaban J connectivity index is 1.56. The second kappa shape index (κ2) is 8.70. The van der Waals surface area contributed by atoms with Crippen molar-refractivity contribution in [3.63, 3.8) is 0 Å². The topological polar surface area (TPSA) is 42.0 Å². The van der Waals surface area contributed by atoms with Crippen LogP contribution < -0.4 is 5.32 Å². The molecule has 3 heteroatoms. The van der Waals surface area contributed by atoms with Gasteiger partial charge in [-0.05, 0) is 43.5 Å². The number of aromatic nitrogens is 1. The number of hydrogen-bond acceptors (Lipinski definition) is 2. The number of carbonyl (C=O) groups is 1. The van der Waals surface area contributed by atoms with Gasteiger partial charge in [-0.1, -0.05) is 72.3 Å². The van der Waals surface area contributed by atoms with Crippen LogP contribution in [-0.2, 0) is 6.42 Å². The quantitative estimate of drug-likeness (QED) is 0.444. The van der Waals surface area contributed by atoms with Crippen molar-refractivity contribution in [2.45, 2.75) is 19.8 Å². The molecule has 1 heterocycles. The summed E-state index contributed by atoms with van der Waals surface area (Å²) in [6, 6.07) is 28.3. The molecule has 0 saturated carbocycles. The first-order valence-corrected chi connectivity index (χ1v) is 10.00. The minimum absolute atomic E-state index is 0.0504. The number of carbonyl (C=O) groups excluding carboxylic acids is 1. The van der Waals surface area contributed by atoms with E-state index in [1.807, 2.05) is 60.7 Å². The lowest BCUT2D eigenvalue weighted by Gasteiger charge is -2.11. The molecule has 4 aromatic rings. The Labute approximate surface area is 171 Å². The van der Waals surface area contributed by atoms with Crippen LogP contribution in [0.25, 0.3) is 22.2 Å². The first-order chi connectivity index (χ1) is 14.2. The molecule has 0 radical (unpaired) electrons. The first kappa shape index (κ1) is 18.9. The Kier molecular flexibility index (Phi) is 5.66. The Morgan fingerprint density at radius 1 is 0.897 bits per heavy atom. The largest absolute Gasteiger partial charge is 0.352 e. The summed E-state index contributed by atoms with van der Waals surface area (Å²) < 4.78 is 0. The maximum atomic E-state index is 13.0. The van der Waals surface area contributed by atoms with E-state index in [4.69, 9.17) is 4.98 Å². The van der Waals surface area contributed by atoms with Gasteiger partial charge >= 0.3 is 0 Å². The summed E-state index contributed by atoms with van der Waals surface area (Å²) in [7, 11) is 0. The zero-order valence-electron chi connectivity index (χ0n) is 16.6. The molecule has 3 nitrogen and oxygen atoms in total. The first-order valence-electron chi connectivity index (χ1n) is 10.00. The minimum Gasteiger partial charge on any atom is -0.352 e. The van der Waals surface area contributed by atoms with Crippen molar-refractivity contribution in [1.29, 1.82) is 0 Å². The van der Waals surface area contributed by atoms with Crippen molar-refractivity contribution in [2.75, 3.05) is 6.54 Å². The average molecular weight is 380 g/mol. The molecule has 0 atom stereocenters. The minimum atomic E-state index is -0.0504. The molecule has 144 valence electrons. The molecule has 0 aliphatic heterocycles. The highest BCUT2D eigenvalue weighted by molar-refractivity contribution is 6.07. The van der Waals surface area contributed by atoms with Crippen molar-refractivity contribution < 1.29 is 4.79 Å². The summed E-state index contributed by atoms with van der Waals surface area (Å²) in [5.74, 6) is -0.0504. The zero-order valence-corrected chi connectivity index (χ0v) is 16.6. The van der Waals surface area contributed by atoms with Crippen molar-refractivity contribution in [1.82, 2.24) is 10.3 Å². The van der Waals surface area contributed by atoms with E-state index in [0.29, 0.717) is 12.1 Å². The number of pyridine rings is 1. The van der Waals surface area contributed by atoms with Crippen LogP contribution in [0.1, 0.15) is 27.9 Å². The van der Waals surface area contributed by atoms with Gasteiger partial charge in [0.1, 0.15) is 0 Å². The van der Waals surface area contributed by atoms with Crippen LogP contribution in [0.2, 0.25) is 0 Å². The number of benzene rings is 3. The molecule has 1 N–H and O–H groups in total. The molecule has 0 saturated heterocycles. The molecule has 0 aliphatic rings. The molecule has 0 aliphatic carbocycles. The van der Waals surface area contributed by atoms with E-state index in [0.717, 1.165) is 35.0 Å². The smallest absolute Gasteiger partial charge is 0.252 e. The van der Waals surface area contributed by atoms with Crippen LogP contribution in [0.15, 0.2) is 84.9 Å². The third kappa shape index (κ3) is 4.52. The fourth-order valence-corrected chi connectivity index (χ4v) is 3.55. The Morgan fingerprint density at radius 2 is 1.69 bits per heavy atom. The maximum Gasteiger partial charge on any atom is 0.252 e. The summed E-state index contributed by atoms with van der Waals surface area (Å²) in [6.45, 7) is 2.70. The molecule has 29 heavy (non-hydrogen) atoms. The molecular weight excluding hydrogens is 356 g/mol. The van der Waals surface area contributed by atoms with E-state index in [1.54, 1.807) is 0 Å². The van der Waals surface area contributed by atoms with Gasteiger partial charge in [-0.15, -0.1) is 0 Å². The molecular formula is C26H24N2O. The number of nitrogens with one attached hydrogen (secondary N) is 1. The SMILES string of the molecule is Cc1cccc(-c2cc(C(=O)NCCCc3ccccc3)c3ccccc3n2)c1. The molecule has 3 aromatic carbocycles. The van der Waals surface area contributed by atoms with Gasteiger partial charge in [-0.3, -0.25) is 4.79 Å². The van der Waals surface area contributed by atoms with Gasteiger partial charge < -0.3 is 5.32 Å². The highest BCUT2D eigenvalue weighted by Crippen LogP contribution is 2.25. The fourth-order valence-electron chi connectivity index (χ4n) is 3.55. The van der Waals surface area contributed by atoms with Gasteiger partial charge in [-0.2, -0.15) is 0 Å². The summed E-state index contributed by atoms with van der Waals surface area (Å²) in [6.07, 6.45) is 1.86. The van der Waals surface area contributed by atoms with E-state index in [1.165, 1.54) is 11.1 Å². The van der Waals surface area contributed by atoms with E-state index < -0.39 is 0 Å². The van der Waals surface area contributed by atoms with E-state index in [-0.39, 0.29) is 5.91 Å². The lowest BCUT2D eigenvalue weighted by molar-refractivity contribution is 0.0955. The van der Waals surface area contributed by atoms with Gasteiger partial charge in [0.2, 0.25) is 0 Å². The number of rotatable bonds is 6. The predicted octanol–water partition coefficient (Wildman–Crippen LogP) is 5.57. The fraction of sp³-hybridized carbons (Fsp3) is 0.154. The van der Waals surface area contributed by atoms with Crippen LogP contribution in [0.3, 0.4) is 0 Å². The molecule has 0 bridgehead atoms. The van der Waals surface area contributed by atoms with Crippen LogP contribution in [0.5, 0.6) is 0 Å². The normalized spacial score (nSPS) is 10.8. The van der Waals surface area contributed by atoms with Gasteiger partial charge in [0.15, 0.2) is 0 Å². The van der Waals surface area contributed by atoms with Gasteiger partial charge in [0, 0.05) is 17.5 Å². The Hall–Kier alpha value is -3.46. The molecule has 0 unspecified atom stereocenters. The van der Waals surface area contributed by atoms with Crippen molar-refractivity contribution in [2.24, 2.45) is 0 Å². The molecule has 0 spiro atoms. The van der Waals surface area contributed by atoms with Gasteiger partial charge in [-0.25, -0.2) is 4.98 Å². The van der Waals surface area contributed by atoms with Crippen LogP contribution in [0.4, 0.5) is 0 Å².